The molecule has 0 radical (unpaired) electrons. The first-order valence-electron chi connectivity index (χ1n) is 7.90. The normalized spacial score (nSPS) is 18.2. The van der Waals surface area contributed by atoms with Gasteiger partial charge in [0.1, 0.15) is 41.8 Å². The Hall–Kier alpha value is -2.12. The van der Waals surface area contributed by atoms with E-state index in [1.54, 1.807) is 44.0 Å². The zero-order chi connectivity index (χ0) is 18.1. The topological polar surface area (TPSA) is 80.8 Å². The highest BCUT2D eigenvalue weighted by Crippen LogP contribution is 2.31. The van der Waals surface area contributed by atoms with Gasteiger partial charge in [0.15, 0.2) is 11.6 Å². The highest BCUT2D eigenvalue weighted by atomic mass is 16.6. The first-order chi connectivity index (χ1) is 11.0. The van der Waals surface area contributed by atoms with E-state index in [1.807, 2.05) is 23.5 Å². The average molecular weight is 329 g/mol. The second kappa shape index (κ2) is 6.41. The number of anilines is 1. The summed E-state index contributed by atoms with van der Waals surface area (Å²) in [5.41, 5.74) is -0.646. The van der Waals surface area contributed by atoms with Gasteiger partial charge in [-0.1, -0.05) is 0 Å². The fraction of sp³-hybridized carbons (Fsp3) is 0.500. The number of hydrogen-bond acceptors (Lipinski definition) is 5. The Morgan fingerprint density at radius 1 is 1.42 bits per heavy atom. The number of nitrogens with zero attached hydrogens (tertiary/aromatic N) is 2. The van der Waals surface area contributed by atoms with Crippen LogP contribution in [0.5, 0.6) is 5.75 Å². The third kappa shape index (κ3) is 4.24. The zero-order valence-electron chi connectivity index (χ0n) is 15.0. The average Bonchev–Trinajstić information content (AvgIpc) is 2.54. The summed E-state index contributed by atoms with van der Waals surface area (Å²) in [4.78, 5) is 30.9. The molecular weight excluding hydrogens is 307 g/mol. The molecule has 0 aliphatic carbocycles. The molecule has 1 atom stereocenters. The summed E-state index contributed by atoms with van der Waals surface area (Å²) in [6.45, 7) is 5.31. The maximum absolute atomic E-state index is 13.0. The van der Waals surface area contributed by atoms with Gasteiger partial charge >= 0.3 is 6.09 Å². The van der Waals surface area contributed by atoms with Gasteiger partial charge < -0.3 is 19.7 Å². The van der Waals surface area contributed by atoms with Crippen LogP contribution in [0.3, 0.4) is 0 Å². The molecule has 1 aromatic heterocycles. The zero-order valence-corrected chi connectivity index (χ0v) is 15.0. The van der Waals surface area contributed by atoms with Crippen LogP contribution in [0.4, 0.5) is 10.6 Å². The standard InChI is InChI=1S/C14H22B3N3O4/c1-13(2,3)24-12(22)19-8-7-23-9-5-4-6-18-10(9)20(11(8)21)14(15,16)17/h4-6,8H,7,15-17H2,1-3H3,(H,19,22)/t8-/m0/s1. The molecule has 0 aromatic carbocycles. The molecule has 0 bridgehead atoms. The van der Waals surface area contributed by atoms with Crippen molar-refractivity contribution < 1.29 is 19.1 Å². The molecule has 2 rings (SSSR count). The van der Waals surface area contributed by atoms with Crippen molar-refractivity contribution in [2.45, 2.75) is 37.7 Å². The lowest BCUT2D eigenvalue weighted by molar-refractivity contribution is -0.121. The summed E-state index contributed by atoms with van der Waals surface area (Å²) >= 11 is 0. The lowest BCUT2D eigenvalue weighted by Crippen LogP contribution is -2.60. The molecule has 0 unspecified atom stereocenters. The minimum absolute atomic E-state index is 0.0172. The van der Waals surface area contributed by atoms with Crippen LogP contribution in [-0.4, -0.2) is 64.0 Å². The van der Waals surface area contributed by atoms with Gasteiger partial charge in [-0.3, -0.25) is 4.79 Å². The second-order valence-electron chi connectivity index (χ2n) is 7.68. The van der Waals surface area contributed by atoms with Crippen LogP contribution in [-0.2, 0) is 9.53 Å². The molecule has 2 amide bonds. The van der Waals surface area contributed by atoms with Gasteiger partial charge in [0.2, 0.25) is 0 Å². The molecule has 1 aliphatic heterocycles. The molecule has 1 aromatic rings. The van der Waals surface area contributed by atoms with Crippen LogP contribution in [0.15, 0.2) is 18.3 Å². The van der Waals surface area contributed by atoms with Crippen LogP contribution < -0.4 is 15.0 Å². The minimum Gasteiger partial charge on any atom is -0.487 e. The Morgan fingerprint density at radius 2 is 2.08 bits per heavy atom. The van der Waals surface area contributed by atoms with Crippen molar-refractivity contribution in [1.29, 1.82) is 0 Å². The summed E-state index contributed by atoms with van der Waals surface area (Å²) in [5.74, 6) is 0.670. The van der Waals surface area contributed by atoms with Crippen molar-refractivity contribution in [3.63, 3.8) is 0 Å². The smallest absolute Gasteiger partial charge is 0.408 e. The molecule has 24 heavy (non-hydrogen) atoms. The predicted molar refractivity (Wildman–Crippen MR) is 98.7 cm³/mol. The number of aromatic nitrogens is 1. The van der Waals surface area contributed by atoms with Gasteiger partial charge in [0.25, 0.3) is 5.91 Å². The van der Waals surface area contributed by atoms with Gasteiger partial charge in [-0.25, -0.2) is 9.78 Å². The van der Waals surface area contributed by atoms with E-state index in [0.717, 1.165) is 0 Å². The highest BCUT2D eigenvalue weighted by Gasteiger charge is 2.39. The number of amides is 2. The first kappa shape index (κ1) is 18.2. The highest BCUT2D eigenvalue weighted by molar-refractivity contribution is 6.62. The number of carbonyl (C=O) groups excluding carboxylic acids is 2. The number of alkyl carbamates (subject to hydrolysis) is 1. The van der Waals surface area contributed by atoms with Gasteiger partial charge in [-0.2, -0.15) is 0 Å². The van der Waals surface area contributed by atoms with E-state index in [4.69, 9.17) is 9.47 Å². The maximum Gasteiger partial charge on any atom is 0.408 e. The largest absolute Gasteiger partial charge is 0.487 e. The Balaban J connectivity index is 2.29. The number of ether oxygens (including phenoxy) is 2. The predicted octanol–water partition coefficient (Wildman–Crippen LogP) is -1.79. The van der Waals surface area contributed by atoms with Gasteiger partial charge in [0, 0.05) is 6.20 Å². The summed E-state index contributed by atoms with van der Waals surface area (Å²) in [5, 5.41) is 2.07. The van der Waals surface area contributed by atoms with Crippen LogP contribution in [0.2, 0.25) is 0 Å². The van der Waals surface area contributed by atoms with E-state index in [1.165, 1.54) is 0 Å². The molecule has 0 spiro atoms. The maximum atomic E-state index is 13.0. The third-order valence-corrected chi connectivity index (χ3v) is 3.25. The minimum atomic E-state index is -0.853. The summed E-state index contributed by atoms with van der Waals surface area (Å²) < 4.78 is 10.9. The molecule has 2 heterocycles. The number of rotatable bonds is 2. The Kier molecular flexibility index (Phi) is 4.87. The number of nitrogens with one attached hydrogen (secondary N) is 1. The monoisotopic (exact) mass is 329 g/mol. The molecule has 7 nitrogen and oxygen atoms in total. The number of pyridine rings is 1. The SMILES string of the molecule is BC(B)(B)N1C(=O)[C@@H](NC(=O)OC(C)(C)C)COc2cccnc21. The molecule has 0 fully saturated rings. The van der Waals surface area contributed by atoms with Crippen molar-refractivity contribution >= 4 is 41.4 Å². The van der Waals surface area contributed by atoms with Crippen molar-refractivity contribution in [2.24, 2.45) is 0 Å². The molecule has 0 saturated carbocycles. The van der Waals surface area contributed by atoms with Crippen LogP contribution >= 0.6 is 0 Å². The van der Waals surface area contributed by atoms with Gasteiger partial charge in [-0.15, -0.1) is 0 Å². The molecular formula is C14H22B3N3O4. The lowest BCUT2D eigenvalue weighted by Gasteiger charge is -2.36. The molecule has 0 saturated heterocycles. The van der Waals surface area contributed by atoms with Gasteiger partial charge in [-0.05, 0) is 38.1 Å². The van der Waals surface area contributed by atoms with Crippen molar-refractivity contribution in [2.75, 3.05) is 11.5 Å². The van der Waals surface area contributed by atoms with Crippen molar-refractivity contribution in [1.82, 2.24) is 10.3 Å². The van der Waals surface area contributed by atoms with E-state index in [9.17, 15) is 9.59 Å². The third-order valence-electron chi connectivity index (χ3n) is 3.25. The second-order valence-corrected chi connectivity index (χ2v) is 7.68. The van der Waals surface area contributed by atoms with E-state index in [0.29, 0.717) is 11.6 Å². The number of carbonyl (C=O) groups is 2. The van der Waals surface area contributed by atoms with Crippen LogP contribution in [0, 0.1) is 0 Å². The summed E-state index contributed by atoms with van der Waals surface area (Å²) in [7, 11) is 5.71. The van der Waals surface area contributed by atoms with E-state index in [2.05, 4.69) is 10.3 Å². The van der Waals surface area contributed by atoms with E-state index >= 15 is 0 Å². The summed E-state index contributed by atoms with van der Waals surface area (Å²) in [6.07, 6.45) is 0.952. The fourth-order valence-corrected chi connectivity index (χ4v) is 2.37. The van der Waals surface area contributed by atoms with E-state index < -0.39 is 23.0 Å². The fourth-order valence-electron chi connectivity index (χ4n) is 2.37. The Morgan fingerprint density at radius 3 is 2.67 bits per heavy atom. The molecule has 1 aliphatic rings. The Bertz CT molecular complexity index is 643. The first-order valence-corrected chi connectivity index (χ1v) is 7.90. The summed E-state index contributed by atoms with van der Waals surface area (Å²) in [6, 6.07) is 2.64. The molecule has 1 N–H and O–H groups in total. The molecule has 10 heteroatoms. The van der Waals surface area contributed by atoms with Crippen LogP contribution in [0.1, 0.15) is 20.8 Å². The van der Waals surface area contributed by atoms with Gasteiger partial charge in [0.05, 0.1) is 0 Å². The van der Waals surface area contributed by atoms with Crippen molar-refractivity contribution in [3.05, 3.63) is 18.3 Å². The lowest BCUT2D eigenvalue weighted by atomic mass is 9.48. The quantitative estimate of drug-likeness (QED) is 0.649. The Labute approximate surface area is 144 Å². The van der Waals surface area contributed by atoms with Crippen molar-refractivity contribution in [3.8, 4) is 5.75 Å². The molecule has 126 valence electrons. The number of hydrogen-bond donors (Lipinski definition) is 1. The van der Waals surface area contributed by atoms with E-state index in [-0.39, 0.29) is 12.5 Å². The number of fused-ring (bicyclic) bond motifs is 1. The van der Waals surface area contributed by atoms with Crippen LogP contribution in [0.25, 0.3) is 0 Å².